The van der Waals surface area contributed by atoms with Crippen molar-refractivity contribution in [3.63, 3.8) is 0 Å². The minimum absolute atomic E-state index is 0.0160. The normalized spacial score (nSPS) is 16.4. The Morgan fingerprint density at radius 3 is 1.61 bits per heavy atom. The van der Waals surface area contributed by atoms with Crippen LogP contribution < -0.4 is 14.8 Å². The summed E-state index contributed by atoms with van der Waals surface area (Å²) in [7, 11) is -11.9. The van der Waals surface area contributed by atoms with Crippen molar-refractivity contribution in [1.82, 2.24) is 9.64 Å². The van der Waals surface area contributed by atoms with Crippen LogP contribution >= 0.6 is 0 Å². The van der Waals surface area contributed by atoms with Gasteiger partial charge in [0.1, 0.15) is 34.8 Å². The molecule has 1 atom stereocenters. The second kappa shape index (κ2) is 41.9. The second-order valence-electron chi connectivity index (χ2n) is 23.1. The van der Waals surface area contributed by atoms with Gasteiger partial charge in [0.05, 0.1) is 174 Å². The molecule has 1 saturated heterocycles. The molecule has 0 aromatic heterocycles. The molecule has 1 aromatic carbocycles. The van der Waals surface area contributed by atoms with Gasteiger partial charge in [-0.05, 0) is 78.8 Å². The van der Waals surface area contributed by atoms with Crippen molar-refractivity contribution < 1.29 is 119 Å². The lowest BCUT2D eigenvalue weighted by molar-refractivity contribution is -0.198. The van der Waals surface area contributed by atoms with Gasteiger partial charge in [0.25, 0.3) is 32.1 Å². The lowest BCUT2D eigenvalue weighted by Crippen LogP contribution is -2.35. The summed E-state index contributed by atoms with van der Waals surface area (Å²) >= 11 is 0. The van der Waals surface area contributed by atoms with E-state index in [1.807, 2.05) is 46.7 Å². The van der Waals surface area contributed by atoms with Crippen LogP contribution in [-0.4, -0.2) is 252 Å². The molecule has 0 spiro atoms. The lowest BCUT2D eigenvalue weighted by atomic mass is 9.77. The molecule has 4 aliphatic rings. The smallest absolute Gasteiger partial charge is 0.335 e. The van der Waals surface area contributed by atoms with Crippen LogP contribution in [0.1, 0.15) is 83.1 Å². The molecule has 536 valence electrons. The van der Waals surface area contributed by atoms with E-state index in [4.69, 9.17) is 66.1 Å². The summed E-state index contributed by atoms with van der Waals surface area (Å²) in [5.74, 6) is -1.90. The number of hydroxylamine groups is 2. The van der Waals surface area contributed by atoms with Gasteiger partial charge < -0.3 is 75.5 Å². The molecule has 2 N–H and O–H groups in total. The van der Waals surface area contributed by atoms with Crippen LogP contribution in [0, 0.1) is 0 Å². The second-order valence-corrected chi connectivity index (χ2v) is 27.6. The zero-order valence-corrected chi connectivity index (χ0v) is 57.5. The van der Waals surface area contributed by atoms with E-state index in [2.05, 4.69) is 20.8 Å². The third-order valence-corrected chi connectivity index (χ3v) is 17.2. The number of methoxy groups -OCH3 is 1. The minimum atomic E-state index is -4.92. The Morgan fingerprint density at radius 1 is 0.632 bits per heavy atom. The van der Waals surface area contributed by atoms with E-state index in [0.717, 1.165) is 11.1 Å². The lowest BCUT2D eigenvalue weighted by Gasteiger charge is -2.30. The molecule has 2 amide bonds. The van der Waals surface area contributed by atoms with Crippen LogP contribution in [-0.2, 0) is 117 Å². The molecular weight excluding hydrogens is 1310 g/mol. The van der Waals surface area contributed by atoms with Gasteiger partial charge in [0.15, 0.2) is 6.54 Å². The van der Waals surface area contributed by atoms with Gasteiger partial charge in [-0.15, -0.1) is 5.06 Å². The van der Waals surface area contributed by atoms with Crippen molar-refractivity contribution in [2.75, 3.05) is 195 Å². The number of carbonyl (C=O) groups excluding carboxylic acids is 3. The molecule has 1 fully saturated rings. The molecule has 5 rings (SSSR count). The SMILES string of the molecule is COCCOCCOCCOCCOCCOCC[N+](CCCS(=O)(=O)O)=c1ccc2c(C(C)(C)C)cc(/C=C/C=C3/N(CCOCCOCCOCCOCCOCCOCCC(=O)ON4C(=O)CCC4=O)c4ccc(S(=O)(=O)[O-])cc4C3(C)CCCS(=O)(=O)O)oc-2c1. The minimum Gasteiger partial charge on any atom is -0.744 e. The molecule has 1 unspecified atom stereocenters. The zero-order valence-electron chi connectivity index (χ0n) is 55.1. The molecule has 0 radical (unpaired) electrons. The van der Waals surface area contributed by atoms with Crippen LogP contribution in [0.3, 0.4) is 0 Å². The number of ether oxygens (including phenoxy) is 12. The standard InChI is InChI=1S/C63H95N3O26S3/c1-62(2,3)54-48-51(91-57-47-50(11-13-53(54)57)64(19-8-46-94(73,74)75)20-23-81-28-31-85-36-39-89-42-41-87-34-33-83-26-25-79-5)9-6-10-58-63(4,18-7-45-93(70,71)72)55-49-52(95(76,77)78)12-14-56(55)65(58)21-24-82-29-32-86-37-40-90-44-43-88-38-35-84-30-27-80-22-17-61(69)92-66-59(67)15-16-60(66)68/h6,9-14,47-49H,7-8,15-46H2,1-5H3,(H2-,70,71,72,73,74,75,76,77,78). The van der Waals surface area contributed by atoms with Crippen LogP contribution in [0.2, 0.25) is 0 Å². The van der Waals surface area contributed by atoms with E-state index in [-0.39, 0.29) is 110 Å². The van der Waals surface area contributed by atoms with Crippen molar-refractivity contribution in [2.45, 2.75) is 81.9 Å². The van der Waals surface area contributed by atoms with Crippen molar-refractivity contribution >= 4 is 59.9 Å². The highest BCUT2D eigenvalue weighted by atomic mass is 32.2. The molecule has 95 heavy (non-hydrogen) atoms. The summed E-state index contributed by atoms with van der Waals surface area (Å²) in [6.07, 6.45) is 5.45. The summed E-state index contributed by atoms with van der Waals surface area (Å²) in [4.78, 5) is 41.2. The quantitative estimate of drug-likeness (QED) is 0.0351. The van der Waals surface area contributed by atoms with E-state index in [9.17, 15) is 53.3 Å². The molecule has 0 bridgehead atoms. The van der Waals surface area contributed by atoms with E-state index in [1.54, 1.807) is 19.3 Å². The fourth-order valence-electron chi connectivity index (χ4n) is 10.1. The first kappa shape index (κ1) is 80.5. The van der Waals surface area contributed by atoms with Gasteiger partial charge in [-0.25, -0.2) is 17.8 Å². The molecule has 1 aliphatic carbocycles. The largest absolute Gasteiger partial charge is 0.744 e. The summed E-state index contributed by atoms with van der Waals surface area (Å²) in [6.45, 7) is 16.2. The molecule has 32 heteroatoms. The maximum atomic E-state index is 12.4. The van der Waals surface area contributed by atoms with Gasteiger partial charge in [0.2, 0.25) is 5.36 Å². The Kier molecular flexibility index (Phi) is 35.5. The summed E-state index contributed by atoms with van der Waals surface area (Å²) in [5, 5.41) is 1.20. The van der Waals surface area contributed by atoms with Crippen LogP contribution in [0.25, 0.3) is 17.4 Å². The number of hydrogen-bond donors (Lipinski definition) is 2. The van der Waals surface area contributed by atoms with E-state index < -0.39 is 70.0 Å². The average Bonchev–Trinajstić information content (AvgIpc) is 1.60. The summed E-state index contributed by atoms with van der Waals surface area (Å²) < 4.78 is 179. The Hall–Kier alpha value is -5.21. The number of rotatable bonds is 51. The average molecular weight is 1410 g/mol. The molecular formula is C63H95N3O26S3. The molecule has 29 nitrogen and oxygen atoms in total. The Labute approximate surface area is 557 Å². The number of imide groups is 1. The number of fused-ring (bicyclic) bond motifs is 2. The Morgan fingerprint density at radius 2 is 1.12 bits per heavy atom. The summed E-state index contributed by atoms with van der Waals surface area (Å²) in [6, 6.07) is 11.7. The number of benzene rings is 2. The predicted octanol–water partition coefficient (Wildman–Crippen LogP) is 3.81. The number of allylic oxidation sites excluding steroid dienone is 3. The fourth-order valence-corrected chi connectivity index (χ4v) is 11.6. The topological polar surface area (TPSA) is 360 Å². The van der Waals surface area contributed by atoms with Gasteiger partial charge in [0, 0.05) is 61.3 Å². The van der Waals surface area contributed by atoms with E-state index in [0.29, 0.717) is 145 Å². The van der Waals surface area contributed by atoms with Crippen LogP contribution in [0.15, 0.2) is 69.6 Å². The predicted molar refractivity (Wildman–Crippen MR) is 345 cm³/mol. The molecule has 1 aromatic rings. The van der Waals surface area contributed by atoms with Crippen LogP contribution in [0.5, 0.6) is 0 Å². The highest BCUT2D eigenvalue weighted by Crippen LogP contribution is 2.51. The summed E-state index contributed by atoms with van der Waals surface area (Å²) in [5.41, 5.74) is 1.92. The maximum Gasteiger partial charge on any atom is 0.335 e. The Balaban J connectivity index is 1.18. The van der Waals surface area contributed by atoms with E-state index >= 15 is 0 Å². The fraction of sp³-hybridized carbons (Fsp3) is 0.651. The first-order valence-corrected chi connectivity index (χ1v) is 36.2. The number of hydrogen-bond acceptors (Lipinski definition) is 25. The zero-order chi connectivity index (χ0) is 69.2. The molecule has 0 saturated carbocycles. The monoisotopic (exact) mass is 1410 g/mol. The third-order valence-electron chi connectivity index (χ3n) is 14.8. The van der Waals surface area contributed by atoms with Gasteiger partial charge in [-0.1, -0.05) is 26.8 Å². The maximum absolute atomic E-state index is 12.4. The Bertz CT molecular complexity index is 3280. The molecule has 3 heterocycles. The van der Waals surface area contributed by atoms with Gasteiger partial charge >= 0.3 is 5.97 Å². The number of amides is 2. The van der Waals surface area contributed by atoms with E-state index in [1.165, 1.54) is 18.2 Å². The van der Waals surface area contributed by atoms with Crippen molar-refractivity contribution in [3.8, 4) is 11.3 Å². The highest BCUT2D eigenvalue weighted by Gasteiger charge is 2.44. The van der Waals surface area contributed by atoms with Gasteiger partial charge in [-0.3, -0.25) is 18.7 Å². The van der Waals surface area contributed by atoms with Crippen molar-refractivity contribution in [3.05, 3.63) is 82.6 Å². The number of anilines is 1. The first-order chi connectivity index (χ1) is 45.3. The highest BCUT2D eigenvalue weighted by molar-refractivity contribution is 7.86. The van der Waals surface area contributed by atoms with Crippen molar-refractivity contribution in [1.29, 1.82) is 0 Å². The molecule has 3 aliphatic heterocycles. The first-order valence-electron chi connectivity index (χ1n) is 31.5. The van der Waals surface area contributed by atoms with Crippen molar-refractivity contribution in [2.24, 2.45) is 0 Å². The van der Waals surface area contributed by atoms with Crippen LogP contribution in [0.4, 0.5) is 5.69 Å². The van der Waals surface area contributed by atoms with Gasteiger partial charge in [-0.2, -0.15) is 16.8 Å². The number of carbonyl (C=O) groups is 3. The number of nitrogens with zero attached hydrogens (tertiary/aromatic N) is 3. The third kappa shape index (κ3) is 30.2.